The topological polar surface area (TPSA) is 33.2 Å². The van der Waals surface area contributed by atoms with Crippen molar-refractivity contribution in [2.75, 3.05) is 11.4 Å². The molecule has 0 amide bonds. The first-order valence-electron chi connectivity index (χ1n) is 8.44. The fourth-order valence-corrected chi connectivity index (χ4v) is 4.60. The zero-order valence-electron chi connectivity index (χ0n) is 13.2. The van der Waals surface area contributed by atoms with E-state index in [2.05, 4.69) is 18.7 Å². The number of fused-ring (bicyclic) bond motifs is 1. The number of hydrogen-bond donors (Lipinski definition) is 0. The van der Waals surface area contributed by atoms with Crippen LogP contribution in [0.4, 0.5) is 5.13 Å². The molecule has 1 aromatic rings. The third-order valence-electron chi connectivity index (χ3n) is 4.72. The number of carbonyl (C=O) groups excluding carboxylic acids is 1. The normalized spacial score (nSPS) is 19.3. The van der Waals surface area contributed by atoms with Crippen molar-refractivity contribution in [2.24, 2.45) is 5.92 Å². The maximum Gasteiger partial charge on any atom is 0.186 e. The number of carbonyl (C=O) groups is 1. The summed E-state index contributed by atoms with van der Waals surface area (Å²) in [7, 11) is 0. The second-order valence-corrected chi connectivity index (χ2v) is 7.84. The second-order valence-electron chi connectivity index (χ2n) is 6.86. The molecule has 2 aliphatic carbocycles. The second kappa shape index (κ2) is 6.47. The quantitative estimate of drug-likeness (QED) is 0.805. The van der Waals surface area contributed by atoms with Gasteiger partial charge in [-0.2, -0.15) is 0 Å². The maximum absolute atomic E-state index is 12.1. The number of Topliss-reactive ketones (excluding diaryl/α,β-unsaturated/α-hetero) is 1. The first kappa shape index (κ1) is 15.0. The summed E-state index contributed by atoms with van der Waals surface area (Å²) in [5.41, 5.74) is 1.07. The number of thiazole rings is 1. The van der Waals surface area contributed by atoms with Gasteiger partial charge in [-0.1, -0.05) is 38.0 Å². The van der Waals surface area contributed by atoms with Gasteiger partial charge in [-0.25, -0.2) is 4.98 Å². The van der Waals surface area contributed by atoms with Crippen molar-refractivity contribution in [3.63, 3.8) is 0 Å². The lowest BCUT2D eigenvalue weighted by Gasteiger charge is -2.29. The van der Waals surface area contributed by atoms with Gasteiger partial charge < -0.3 is 4.90 Å². The minimum atomic E-state index is 0.315. The Kier molecular flexibility index (Phi) is 4.63. The van der Waals surface area contributed by atoms with Gasteiger partial charge in [0.15, 0.2) is 10.9 Å². The van der Waals surface area contributed by atoms with Crippen LogP contribution in [-0.4, -0.2) is 23.4 Å². The SMILES string of the molecule is CC(C)CCN(c1nc2c(s1)C(=O)CCC2)C1CCCC1. The molecular weight excluding hydrogens is 280 g/mol. The van der Waals surface area contributed by atoms with E-state index in [0.29, 0.717) is 24.2 Å². The molecule has 1 fully saturated rings. The van der Waals surface area contributed by atoms with E-state index in [0.717, 1.165) is 35.1 Å². The molecule has 0 bridgehead atoms. The summed E-state index contributed by atoms with van der Waals surface area (Å²) >= 11 is 1.66. The zero-order chi connectivity index (χ0) is 14.8. The van der Waals surface area contributed by atoms with Crippen LogP contribution in [0.15, 0.2) is 0 Å². The number of aryl methyl sites for hydroxylation is 1. The highest BCUT2D eigenvalue weighted by molar-refractivity contribution is 7.17. The Hall–Kier alpha value is -0.900. The van der Waals surface area contributed by atoms with Gasteiger partial charge in [0.25, 0.3) is 0 Å². The van der Waals surface area contributed by atoms with E-state index in [1.165, 1.54) is 32.1 Å². The summed E-state index contributed by atoms with van der Waals surface area (Å²) in [4.78, 5) is 20.4. The molecule has 4 heteroatoms. The fraction of sp³-hybridized carbons (Fsp3) is 0.765. The Balaban J connectivity index is 1.83. The van der Waals surface area contributed by atoms with Crippen LogP contribution < -0.4 is 4.90 Å². The first-order chi connectivity index (χ1) is 10.1. The Morgan fingerprint density at radius 2 is 2.00 bits per heavy atom. The molecule has 2 aliphatic rings. The summed E-state index contributed by atoms with van der Waals surface area (Å²) in [6, 6.07) is 0.645. The molecular formula is C17H26N2OS. The molecule has 1 heterocycles. The molecule has 3 rings (SSSR count). The third-order valence-corrected chi connectivity index (χ3v) is 5.89. The van der Waals surface area contributed by atoms with Crippen molar-refractivity contribution in [3.05, 3.63) is 10.6 Å². The zero-order valence-corrected chi connectivity index (χ0v) is 14.0. The van der Waals surface area contributed by atoms with E-state index in [9.17, 15) is 4.79 Å². The molecule has 1 saturated carbocycles. The van der Waals surface area contributed by atoms with Crippen molar-refractivity contribution in [1.29, 1.82) is 0 Å². The number of rotatable bonds is 5. The highest BCUT2D eigenvalue weighted by atomic mass is 32.1. The van der Waals surface area contributed by atoms with Crippen LogP contribution in [0.25, 0.3) is 0 Å². The molecule has 0 aliphatic heterocycles. The smallest absolute Gasteiger partial charge is 0.186 e. The van der Waals surface area contributed by atoms with Gasteiger partial charge in [-0.15, -0.1) is 0 Å². The van der Waals surface area contributed by atoms with Crippen LogP contribution in [0.3, 0.4) is 0 Å². The van der Waals surface area contributed by atoms with Gasteiger partial charge >= 0.3 is 0 Å². The van der Waals surface area contributed by atoms with Gasteiger partial charge in [0.05, 0.1) is 10.6 Å². The molecule has 0 N–H and O–H groups in total. The van der Waals surface area contributed by atoms with Crippen molar-refractivity contribution < 1.29 is 4.79 Å². The number of ketones is 1. The molecule has 21 heavy (non-hydrogen) atoms. The summed E-state index contributed by atoms with van der Waals surface area (Å²) in [5, 5.41) is 1.11. The molecule has 0 atom stereocenters. The molecule has 0 radical (unpaired) electrons. The lowest BCUT2D eigenvalue weighted by atomic mass is 10.0. The Morgan fingerprint density at radius 3 is 2.67 bits per heavy atom. The Labute approximate surface area is 131 Å². The fourth-order valence-electron chi connectivity index (χ4n) is 3.43. The predicted octanol–water partition coefficient (Wildman–Crippen LogP) is 4.46. The molecule has 0 aromatic carbocycles. The minimum Gasteiger partial charge on any atom is -0.345 e. The van der Waals surface area contributed by atoms with Gasteiger partial charge in [-0.3, -0.25) is 4.79 Å². The highest BCUT2D eigenvalue weighted by Crippen LogP contribution is 2.35. The van der Waals surface area contributed by atoms with E-state index in [-0.39, 0.29) is 0 Å². The molecule has 0 unspecified atom stereocenters. The van der Waals surface area contributed by atoms with Crippen LogP contribution in [0.2, 0.25) is 0 Å². The third kappa shape index (κ3) is 3.31. The average Bonchev–Trinajstić information content (AvgIpc) is 3.08. The summed E-state index contributed by atoms with van der Waals surface area (Å²) in [6.07, 6.45) is 9.13. The molecule has 0 spiro atoms. The van der Waals surface area contributed by atoms with Crippen molar-refractivity contribution in [2.45, 2.75) is 71.3 Å². The number of anilines is 1. The number of hydrogen-bond acceptors (Lipinski definition) is 4. The highest BCUT2D eigenvalue weighted by Gasteiger charge is 2.28. The number of nitrogens with zero attached hydrogens (tertiary/aromatic N) is 2. The Morgan fingerprint density at radius 1 is 1.24 bits per heavy atom. The minimum absolute atomic E-state index is 0.315. The van der Waals surface area contributed by atoms with Gasteiger partial charge in [-0.05, 0) is 38.0 Å². The van der Waals surface area contributed by atoms with E-state index in [1.807, 2.05) is 0 Å². The summed E-state index contributed by atoms with van der Waals surface area (Å²) in [6.45, 7) is 5.65. The van der Waals surface area contributed by atoms with Crippen molar-refractivity contribution in [1.82, 2.24) is 4.98 Å². The lowest BCUT2D eigenvalue weighted by molar-refractivity contribution is 0.0976. The van der Waals surface area contributed by atoms with Crippen molar-refractivity contribution in [3.8, 4) is 0 Å². The Bertz CT molecular complexity index is 503. The van der Waals surface area contributed by atoms with E-state index in [1.54, 1.807) is 11.3 Å². The summed E-state index contributed by atoms with van der Waals surface area (Å²) in [5.74, 6) is 1.03. The molecule has 0 saturated heterocycles. The van der Waals surface area contributed by atoms with Gasteiger partial charge in [0.1, 0.15) is 0 Å². The lowest BCUT2D eigenvalue weighted by Crippen LogP contribution is -2.34. The van der Waals surface area contributed by atoms with Crippen LogP contribution >= 0.6 is 11.3 Å². The van der Waals surface area contributed by atoms with Crippen LogP contribution in [0, 0.1) is 5.92 Å². The monoisotopic (exact) mass is 306 g/mol. The van der Waals surface area contributed by atoms with Crippen LogP contribution in [-0.2, 0) is 6.42 Å². The largest absolute Gasteiger partial charge is 0.345 e. The van der Waals surface area contributed by atoms with E-state index < -0.39 is 0 Å². The molecule has 3 nitrogen and oxygen atoms in total. The van der Waals surface area contributed by atoms with Gasteiger partial charge in [0.2, 0.25) is 0 Å². The predicted molar refractivity (Wildman–Crippen MR) is 88.4 cm³/mol. The van der Waals surface area contributed by atoms with E-state index in [4.69, 9.17) is 4.98 Å². The molecule has 116 valence electrons. The van der Waals surface area contributed by atoms with E-state index >= 15 is 0 Å². The van der Waals surface area contributed by atoms with Crippen molar-refractivity contribution >= 4 is 22.3 Å². The first-order valence-corrected chi connectivity index (χ1v) is 9.26. The summed E-state index contributed by atoms with van der Waals surface area (Å²) < 4.78 is 0. The standard InChI is InChI=1S/C17H26N2OS/c1-12(2)10-11-19(13-6-3-4-7-13)17-18-14-8-5-9-15(20)16(14)21-17/h12-13H,3-11H2,1-2H3. The maximum atomic E-state index is 12.1. The van der Waals surface area contributed by atoms with Gasteiger partial charge in [0, 0.05) is 19.0 Å². The van der Waals surface area contributed by atoms with Crippen LogP contribution in [0.1, 0.15) is 74.2 Å². The number of aromatic nitrogens is 1. The average molecular weight is 306 g/mol. The van der Waals surface area contributed by atoms with Crippen LogP contribution in [0.5, 0.6) is 0 Å². The molecule has 1 aromatic heterocycles.